The highest BCUT2D eigenvalue weighted by atomic mass is 19.4. The van der Waals surface area contributed by atoms with Crippen LogP contribution in [-0.4, -0.2) is 36.8 Å². The molecule has 0 radical (unpaired) electrons. The first-order chi connectivity index (χ1) is 12.9. The molecule has 0 saturated carbocycles. The molecule has 1 aromatic carbocycles. The number of hydrogen-bond donors (Lipinski definition) is 3. The molecule has 0 aliphatic rings. The quantitative estimate of drug-likeness (QED) is 0.572. The molecule has 0 fully saturated rings. The molecule has 0 atom stereocenters. The largest absolute Gasteiger partial charge is 0.390 e. The smallest absolute Gasteiger partial charge is 0.338 e. The lowest BCUT2D eigenvalue weighted by atomic mass is 10.1. The molecule has 146 valence electrons. The molecule has 5 nitrogen and oxygen atoms in total. The number of anilines is 1. The molecule has 0 aliphatic carbocycles. The van der Waals surface area contributed by atoms with Gasteiger partial charge in [0, 0.05) is 31.2 Å². The van der Waals surface area contributed by atoms with Gasteiger partial charge >= 0.3 is 12.2 Å². The molecule has 2 amide bonds. The van der Waals surface area contributed by atoms with Gasteiger partial charge in [-0.1, -0.05) is 18.2 Å². The Morgan fingerprint density at radius 1 is 0.963 bits per heavy atom. The summed E-state index contributed by atoms with van der Waals surface area (Å²) in [7, 11) is 0. The second-order valence-electron chi connectivity index (χ2n) is 6.02. The summed E-state index contributed by atoms with van der Waals surface area (Å²) in [5.74, 6) is 0. The van der Waals surface area contributed by atoms with Crippen LogP contribution < -0.4 is 16.0 Å². The summed E-state index contributed by atoms with van der Waals surface area (Å²) in [6, 6.07) is 10.9. The van der Waals surface area contributed by atoms with Crippen LogP contribution in [0.25, 0.3) is 11.1 Å². The van der Waals surface area contributed by atoms with Crippen molar-refractivity contribution < 1.29 is 18.0 Å². The van der Waals surface area contributed by atoms with Crippen LogP contribution in [0.4, 0.5) is 23.7 Å². The molecule has 27 heavy (non-hydrogen) atoms. The number of benzene rings is 1. The van der Waals surface area contributed by atoms with Crippen LogP contribution in [0.1, 0.15) is 19.3 Å². The number of alkyl halides is 3. The number of rotatable bonds is 9. The van der Waals surface area contributed by atoms with Gasteiger partial charge in [0.25, 0.3) is 0 Å². The molecule has 0 bridgehead atoms. The summed E-state index contributed by atoms with van der Waals surface area (Å²) < 4.78 is 35.9. The standard InChI is InChI=1S/C19H23F3N4O/c20-19(21,22)9-13-23-10-1-2-12-25-18(27)26-17-7-5-15(6-8-17)16-4-3-11-24-14-16/h3-8,11,14,23H,1-2,9-10,12-13H2,(H2,25,26,27). The van der Waals surface area contributed by atoms with E-state index in [1.165, 1.54) is 0 Å². The van der Waals surface area contributed by atoms with Crippen LogP contribution in [0.2, 0.25) is 0 Å². The monoisotopic (exact) mass is 380 g/mol. The number of carbonyl (C=O) groups is 1. The summed E-state index contributed by atoms with van der Waals surface area (Å²) in [5, 5.41) is 8.20. The van der Waals surface area contributed by atoms with E-state index >= 15 is 0 Å². The van der Waals surface area contributed by atoms with Gasteiger partial charge in [0.05, 0.1) is 6.42 Å². The molecular formula is C19H23F3N4O. The van der Waals surface area contributed by atoms with Gasteiger partial charge in [-0.05, 0) is 48.7 Å². The van der Waals surface area contributed by atoms with Crippen LogP contribution in [0.5, 0.6) is 0 Å². The van der Waals surface area contributed by atoms with E-state index in [1.807, 2.05) is 36.4 Å². The van der Waals surface area contributed by atoms with E-state index in [-0.39, 0.29) is 12.6 Å². The molecule has 3 N–H and O–H groups in total. The van der Waals surface area contributed by atoms with E-state index < -0.39 is 12.6 Å². The van der Waals surface area contributed by atoms with Gasteiger partial charge in [-0.3, -0.25) is 4.98 Å². The molecule has 2 aromatic rings. The maximum Gasteiger partial charge on any atom is 0.390 e. The van der Waals surface area contributed by atoms with E-state index in [2.05, 4.69) is 20.9 Å². The number of aromatic nitrogens is 1. The van der Waals surface area contributed by atoms with E-state index in [0.29, 0.717) is 31.6 Å². The van der Waals surface area contributed by atoms with Gasteiger partial charge in [0.2, 0.25) is 0 Å². The maximum atomic E-state index is 12.0. The third-order valence-corrected chi connectivity index (χ3v) is 3.79. The fraction of sp³-hybridized carbons (Fsp3) is 0.368. The lowest BCUT2D eigenvalue weighted by molar-refractivity contribution is -0.133. The number of unbranched alkanes of at least 4 members (excludes halogenated alkanes) is 1. The Hall–Kier alpha value is -2.61. The molecule has 0 unspecified atom stereocenters. The molecule has 8 heteroatoms. The Kier molecular flexibility index (Phi) is 8.06. The van der Waals surface area contributed by atoms with E-state index in [9.17, 15) is 18.0 Å². The zero-order valence-electron chi connectivity index (χ0n) is 14.9. The first-order valence-corrected chi connectivity index (χ1v) is 8.77. The second-order valence-corrected chi connectivity index (χ2v) is 6.02. The average molecular weight is 380 g/mol. The van der Waals surface area contributed by atoms with E-state index in [1.54, 1.807) is 12.4 Å². The van der Waals surface area contributed by atoms with Gasteiger partial charge < -0.3 is 16.0 Å². The molecule has 1 aromatic heterocycles. The number of urea groups is 1. The normalized spacial score (nSPS) is 11.2. The van der Waals surface area contributed by atoms with Crippen LogP contribution in [-0.2, 0) is 0 Å². The SMILES string of the molecule is O=C(NCCCCNCCC(F)(F)F)Nc1ccc(-c2cccnc2)cc1. The number of halogens is 3. The Balaban J connectivity index is 1.59. The summed E-state index contributed by atoms with van der Waals surface area (Å²) in [4.78, 5) is 15.9. The lowest BCUT2D eigenvalue weighted by Gasteiger charge is -2.09. The minimum absolute atomic E-state index is 0.0769. The summed E-state index contributed by atoms with van der Waals surface area (Å²) in [6.07, 6.45) is -0.0874. The van der Waals surface area contributed by atoms with Crippen LogP contribution in [0.15, 0.2) is 48.8 Å². The maximum absolute atomic E-state index is 12.0. The van der Waals surface area contributed by atoms with Crippen molar-refractivity contribution in [1.29, 1.82) is 0 Å². The third kappa shape index (κ3) is 8.54. The number of hydrogen-bond acceptors (Lipinski definition) is 3. The second kappa shape index (κ2) is 10.5. The Labute approximate surface area is 156 Å². The minimum atomic E-state index is -4.12. The van der Waals surface area contributed by atoms with Crippen molar-refractivity contribution in [3.63, 3.8) is 0 Å². The fourth-order valence-corrected chi connectivity index (χ4v) is 2.39. The first kappa shape index (κ1) is 20.7. The Bertz CT molecular complexity index is 690. The number of carbonyl (C=O) groups excluding carboxylic acids is 1. The molecule has 1 heterocycles. The number of nitrogens with one attached hydrogen (secondary N) is 3. The summed E-state index contributed by atoms with van der Waals surface area (Å²) in [5.41, 5.74) is 2.68. The Morgan fingerprint density at radius 3 is 2.37 bits per heavy atom. The van der Waals surface area contributed by atoms with Gasteiger partial charge in [0.1, 0.15) is 0 Å². The van der Waals surface area contributed by atoms with Crippen molar-refractivity contribution in [2.45, 2.75) is 25.4 Å². The summed E-state index contributed by atoms with van der Waals surface area (Å²) in [6.45, 7) is 0.877. The van der Waals surface area contributed by atoms with E-state index in [0.717, 1.165) is 11.1 Å². The van der Waals surface area contributed by atoms with Crippen LogP contribution >= 0.6 is 0 Å². The number of pyridine rings is 1. The van der Waals surface area contributed by atoms with Crippen molar-refractivity contribution in [2.75, 3.05) is 25.0 Å². The predicted octanol–water partition coefficient (Wildman–Crippen LogP) is 4.19. The van der Waals surface area contributed by atoms with Crippen molar-refractivity contribution in [2.24, 2.45) is 0 Å². The first-order valence-electron chi connectivity index (χ1n) is 8.77. The van der Waals surface area contributed by atoms with Gasteiger partial charge in [-0.15, -0.1) is 0 Å². The highest BCUT2D eigenvalue weighted by Crippen LogP contribution is 2.20. The van der Waals surface area contributed by atoms with Crippen LogP contribution in [0.3, 0.4) is 0 Å². The van der Waals surface area contributed by atoms with Crippen LogP contribution in [0, 0.1) is 0 Å². The van der Waals surface area contributed by atoms with E-state index in [4.69, 9.17) is 0 Å². The minimum Gasteiger partial charge on any atom is -0.338 e. The number of nitrogens with zero attached hydrogens (tertiary/aromatic N) is 1. The summed E-state index contributed by atoms with van der Waals surface area (Å²) >= 11 is 0. The zero-order chi connectivity index (χ0) is 19.5. The van der Waals surface area contributed by atoms with Crippen molar-refractivity contribution in [3.05, 3.63) is 48.8 Å². The van der Waals surface area contributed by atoms with Gasteiger partial charge in [-0.25, -0.2) is 4.79 Å². The Morgan fingerprint density at radius 2 is 1.70 bits per heavy atom. The lowest BCUT2D eigenvalue weighted by Crippen LogP contribution is -2.30. The highest BCUT2D eigenvalue weighted by Gasteiger charge is 2.25. The fourth-order valence-electron chi connectivity index (χ4n) is 2.39. The molecule has 0 saturated heterocycles. The van der Waals surface area contributed by atoms with Crippen molar-refractivity contribution in [3.8, 4) is 11.1 Å². The molecule has 0 aliphatic heterocycles. The number of amides is 2. The average Bonchev–Trinajstić information content (AvgIpc) is 2.64. The molecular weight excluding hydrogens is 357 g/mol. The van der Waals surface area contributed by atoms with Crippen molar-refractivity contribution >= 4 is 11.7 Å². The zero-order valence-corrected chi connectivity index (χ0v) is 14.9. The predicted molar refractivity (Wildman–Crippen MR) is 99.5 cm³/mol. The van der Waals surface area contributed by atoms with Gasteiger partial charge in [0.15, 0.2) is 0 Å². The molecule has 2 rings (SSSR count). The molecule has 0 spiro atoms. The highest BCUT2D eigenvalue weighted by molar-refractivity contribution is 5.89. The third-order valence-electron chi connectivity index (χ3n) is 3.79. The topological polar surface area (TPSA) is 66.1 Å². The van der Waals surface area contributed by atoms with Crippen molar-refractivity contribution in [1.82, 2.24) is 15.6 Å². The van der Waals surface area contributed by atoms with Gasteiger partial charge in [-0.2, -0.15) is 13.2 Å².